The number of nitrogens with one attached hydrogen (secondary N) is 1. The van der Waals surface area contributed by atoms with E-state index in [1.807, 2.05) is 48.8 Å². The first kappa shape index (κ1) is 18.3. The Kier molecular flexibility index (Phi) is 6.50. The third-order valence-electron chi connectivity index (χ3n) is 4.12. The maximum Gasteiger partial charge on any atom is 0.230 e. The second-order valence-electron chi connectivity index (χ2n) is 6.11. The zero-order valence-corrected chi connectivity index (χ0v) is 15.7. The summed E-state index contributed by atoms with van der Waals surface area (Å²) in [6, 6.07) is 18.4. The molecular formula is C21H23N3OS. The van der Waals surface area contributed by atoms with E-state index in [4.69, 9.17) is 0 Å². The van der Waals surface area contributed by atoms with E-state index in [2.05, 4.69) is 40.0 Å². The summed E-state index contributed by atoms with van der Waals surface area (Å²) in [5.41, 5.74) is 2.44. The van der Waals surface area contributed by atoms with Crippen LogP contribution in [0.3, 0.4) is 0 Å². The van der Waals surface area contributed by atoms with Gasteiger partial charge in [0.1, 0.15) is 5.82 Å². The number of carbonyl (C=O) groups is 1. The molecule has 1 heterocycles. The molecule has 0 spiro atoms. The molecule has 3 rings (SSSR count). The van der Waals surface area contributed by atoms with Crippen LogP contribution >= 0.6 is 11.8 Å². The topological polar surface area (TPSA) is 46.9 Å². The first-order valence-electron chi connectivity index (χ1n) is 8.71. The Morgan fingerprint density at radius 2 is 1.88 bits per heavy atom. The fraction of sp³-hybridized carbons (Fsp3) is 0.238. The maximum atomic E-state index is 12.1. The van der Waals surface area contributed by atoms with Gasteiger partial charge in [0.15, 0.2) is 0 Å². The Hall–Kier alpha value is -2.53. The van der Waals surface area contributed by atoms with E-state index in [0.29, 0.717) is 12.3 Å². The van der Waals surface area contributed by atoms with Crippen molar-refractivity contribution in [3.05, 3.63) is 83.9 Å². The van der Waals surface area contributed by atoms with E-state index in [-0.39, 0.29) is 5.91 Å². The maximum absolute atomic E-state index is 12.1. The van der Waals surface area contributed by atoms with Gasteiger partial charge in [0, 0.05) is 36.8 Å². The Balaban J connectivity index is 1.44. The molecule has 3 aromatic rings. The number of benzene rings is 2. The van der Waals surface area contributed by atoms with Crippen molar-refractivity contribution in [2.24, 2.45) is 0 Å². The van der Waals surface area contributed by atoms with Crippen molar-refractivity contribution in [3.63, 3.8) is 0 Å². The predicted molar refractivity (Wildman–Crippen MR) is 106 cm³/mol. The van der Waals surface area contributed by atoms with Crippen molar-refractivity contribution in [2.75, 3.05) is 12.3 Å². The number of hydrogen-bond donors (Lipinski definition) is 1. The van der Waals surface area contributed by atoms with Crippen LogP contribution in [0, 0.1) is 6.92 Å². The molecule has 0 saturated carbocycles. The number of aryl methyl sites for hydroxylation is 1. The van der Waals surface area contributed by atoms with Gasteiger partial charge in [-0.25, -0.2) is 4.98 Å². The molecule has 0 unspecified atom stereocenters. The van der Waals surface area contributed by atoms with Gasteiger partial charge >= 0.3 is 0 Å². The van der Waals surface area contributed by atoms with E-state index < -0.39 is 0 Å². The van der Waals surface area contributed by atoms with Crippen molar-refractivity contribution in [1.82, 2.24) is 14.9 Å². The molecule has 0 fully saturated rings. The van der Waals surface area contributed by atoms with E-state index in [1.54, 1.807) is 11.8 Å². The van der Waals surface area contributed by atoms with Gasteiger partial charge in [0.2, 0.25) is 5.91 Å². The summed E-state index contributed by atoms with van der Waals surface area (Å²) in [6.45, 7) is 3.46. The summed E-state index contributed by atoms with van der Waals surface area (Å²) in [5, 5.41) is 2.99. The Bertz CT molecular complexity index is 845. The van der Waals surface area contributed by atoms with Gasteiger partial charge in [-0.05, 0) is 24.1 Å². The number of carbonyl (C=O) groups excluding carboxylic acids is 1. The SMILES string of the molecule is Cc1ccccc1SCC(=O)NCCc1nccn1Cc1ccccc1. The van der Waals surface area contributed by atoms with Crippen LogP contribution in [-0.4, -0.2) is 27.8 Å². The summed E-state index contributed by atoms with van der Waals surface area (Å²) in [5.74, 6) is 1.48. The first-order valence-corrected chi connectivity index (χ1v) is 9.70. The number of thioether (sulfide) groups is 1. The molecule has 4 nitrogen and oxygen atoms in total. The smallest absolute Gasteiger partial charge is 0.230 e. The lowest BCUT2D eigenvalue weighted by atomic mass is 10.2. The molecule has 0 saturated heterocycles. The van der Waals surface area contributed by atoms with Gasteiger partial charge in [-0.3, -0.25) is 4.79 Å². The number of hydrogen-bond acceptors (Lipinski definition) is 3. The predicted octanol–water partition coefficient (Wildman–Crippen LogP) is 3.69. The van der Waals surface area contributed by atoms with E-state index in [9.17, 15) is 4.79 Å². The minimum Gasteiger partial charge on any atom is -0.355 e. The summed E-state index contributed by atoms with van der Waals surface area (Å²) >= 11 is 1.58. The molecule has 1 amide bonds. The highest BCUT2D eigenvalue weighted by Gasteiger charge is 2.07. The van der Waals surface area contributed by atoms with Gasteiger partial charge in [-0.15, -0.1) is 11.8 Å². The van der Waals surface area contributed by atoms with Crippen LogP contribution in [-0.2, 0) is 17.8 Å². The molecular weight excluding hydrogens is 342 g/mol. The van der Waals surface area contributed by atoms with Crippen LogP contribution in [0.4, 0.5) is 0 Å². The molecule has 0 radical (unpaired) electrons. The molecule has 2 aromatic carbocycles. The summed E-state index contributed by atoms with van der Waals surface area (Å²) < 4.78 is 2.13. The van der Waals surface area contributed by atoms with Crippen LogP contribution in [0.2, 0.25) is 0 Å². The zero-order valence-electron chi connectivity index (χ0n) is 14.9. The minimum atomic E-state index is 0.0550. The van der Waals surface area contributed by atoms with Crippen molar-refractivity contribution >= 4 is 17.7 Å². The molecule has 1 aromatic heterocycles. The fourth-order valence-electron chi connectivity index (χ4n) is 2.72. The van der Waals surface area contributed by atoms with Crippen LogP contribution in [0.25, 0.3) is 0 Å². The fourth-order valence-corrected chi connectivity index (χ4v) is 3.58. The van der Waals surface area contributed by atoms with Crippen LogP contribution < -0.4 is 5.32 Å². The Morgan fingerprint density at radius 1 is 1.12 bits per heavy atom. The van der Waals surface area contributed by atoms with Gasteiger partial charge < -0.3 is 9.88 Å². The summed E-state index contributed by atoms with van der Waals surface area (Å²) in [4.78, 5) is 17.6. The molecule has 0 atom stereocenters. The van der Waals surface area contributed by atoms with Crippen LogP contribution in [0.5, 0.6) is 0 Å². The Labute approximate surface area is 158 Å². The molecule has 134 valence electrons. The third kappa shape index (κ3) is 5.23. The standard InChI is InChI=1S/C21H23N3OS/c1-17-7-5-6-10-19(17)26-16-21(25)23-12-11-20-22-13-14-24(20)15-18-8-3-2-4-9-18/h2-10,13-14H,11-12,15-16H2,1H3,(H,23,25). The van der Waals surface area contributed by atoms with Crippen LogP contribution in [0.1, 0.15) is 17.0 Å². The number of aromatic nitrogens is 2. The van der Waals surface area contributed by atoms with Gasteiger partial charge in [0.05, 0.1) is 5.75 Å². The van der Waals surface area contributed by atoms with Gasteiger partial charge in [-0.2, -0.15) is 0 Å². The van der Waals surface area contributed by atoms with E-state index in [0.717, 1.165) is 23.7 Å². The highest BCUT2D eigenvalue weighted by atomic mass is 32.2. The Morgan fingerprint density at radius 3 is 2.69 bits per heavy atom. The number of rotatable bonds is 8. The molecule has 5 heteroatoms. The first-order chi connectivity index (χ1) is 12.7. The molecule has 26 heavy (non-hydrogen) atoms. The summed E-state index contributed by atoms with van der Waals surface area (Å²) in [7, 11) is 0. The van der Waals surface area contributed by atoms with Crippen molar-refractivity contribution in [1.29, 1.82) is 0 Å². The zero-order chi connectivity index (χ0) is 18.2. The quantitative estimate of drug-likeness (QED) is 0.619. The number of imidazole rings is 1. The normalized spacial score (nSPS) is 10.7. The lowest BCUT2D eigenvalue weighted by Crippen LogP contribution is -2.28. The van der Waals surface area contributed by atoms with Gasteiger partial charge in [-0.1, -0.05) is 48.5 Å². The van der Waals surface area contributed by atoms with Crippen molar-refractivity contribution in [2.45, 2.75) is 24.8 Å². The largest absolute Gasteiger partial charge is 0.355 e. The van der Waals surface area contributed by atoms with E-state index in [1.165, 1.54) is 11.1 Å². The van der Waals surface area contributed by atoms with Crippen molar-refractivity contribution < 1.29 is 4.79 Å². The lowest BCUT2D eigenvalue weighted by Gasteiger charge is -2.09. The highest BCUT2D eigenvalue weighted by molar-refractivity contribution is 8.00. The van der Waals surface area contributed by atoms with Crippen molar-refractivity contribution in [3.8, 4) is 0 Å². The van der Waals surface area contributed by atoms with E-state index >= 15 is 0 Å². The highest BCUT2D eigenvalue weighted by Crippen LogP contribution is 2.21. The monoisotopic (exact) mass is 365 g/mol. The molecule has 0 aliphatic rings. The average molecular weight is 366 g/mol. The minimum absolute atomic E-state index is 0.0550. The molecule has 0 bridgehead atoms. The third-order valence-corrected chi connectivity index (χ3v) is 5.30. The van der Waals surface area contributed by atoms with Gasteiger partial charge in [0.25, 0.3) is 0 Å². The molecule has 0 aliphatic carbocycles. The lowest BCUT2D eigenvalue weighted by molar-refractivity contribution is -0.118. The summed E-state index contributed by atoms with van der Waals surface area (Å²) in [6.07, 6.45) is 4.52. The molecule has 1 N–H and O–H groups in total. The number of amides is 1. The van der Waals surface area contributed by atoms with Crippen LogP contribution in [0.15, 0.2) is 71.9 Å². The number of nitrogens with zero attached hydrogens (tertiary/aromatic N) is 2. The molecule has 0 aliphatic heterocycles. The average Bonchev–Trinajstić information content (AvgIpc) is 3.09. The second kappa shape index (κ2) is 9.25. The second-order valence-corrected chi connectivity index (χ2v) is 7.13.